The van der Waals surface area contributed by atoms with Crippen molar-refractivity contribution >= 4 is 11.8 Å². The molecular weight excluding hydrogens is 284 g/mol. The van der Waals surface area contributed by atoms with E-state index in [0.717, 1.165) is 19.3 Å². The van der Waals surface area contributed by atoms with Gasteiger partial charge in [-0.3, -0.25) is 9.59 Å². The highest BCUT2D eigenvalue weighted by molar-refractivity contribution is 5.97. The van der Waals surface area contributed by atoms with E-state index in [2.05, 4.69) is 10.6 Å². The van der Waals surface area contributed by atoms with E-state index in [9.17, 15) is 14.7 Å². The van der Waals surface area contributed by atoms with Crippen molar-refractivity contribution in [1.29, 1.82) is 0 Å². The van der Waals surface area contributed by atoms with Crippen molar-refractivity contribution in [3.63, 3.8) is 0 Å². The van der Waals surface area contributed by atoms with Crippen LogP contribution in [0.25, 0.3) is 0 Å². The number of hydrogen-bond acceptors (Lipinski definition) is 4. The molecule has 0 bridgehead atoms. The van der Waals surface area contributed by atoms with Crippen molar-refractivity contribution in [2.45, 2.75) is 46.1 Å². The molecule has 0 radical (unpaired) electrons. The third-order valence-electron chi connectivity index (χ3n) is 4.47. The van der Waals surface area contributed by atoms with E-state index < -0.39 is 0 Å². The summed E-state index contributed by atoms with van der Waals surface area (Å²) in [6.45, 7) is 5.43. The van der Waals surface area contributed by atoms with Gasteiger partial charge < -0.3 is 20.2 Å². The zero-order valence-electron chi connectivity index (χ0n) is 13.4. The van der Waals surface area contributed by atoms with Crippen LogP contribution in [0.2, 0.25) is 0 Å². The average Bonchev–Trinajstić information content (AvgIpc) is 3.00. The summed E-state index contributed by atoms with van der Waals surface area (Å²) in [6, 6.07) is 1.61. The number of carbonyl (C=O) groups excluding carboxylic acids is 2. The summed E-state index contributed by atoms with van der Waals surface area (Å²) in [4.78, 5) is 24.0. The second-order valence-corrected chi connectivity index (χ2v) is 6.33. The van der Waals surface area contributed by atoms with Crippen LogP contribution in [-0.2, 0) is 4.79 Å². The highest BCUT2D eigenvalue weighted by Gasteiger charge is 2.39. The van der Waals surface area contributed by atoms with Crippen LogP contribution >= 0.6 is 0 Å². The summed E-state index contributed by atoms with van der Waals surface area (Å²) >= 11 is 0. The van der Waals surface area contributed by atoms with Gasteiger partial charge in [-0.2, -0.15) is 0 Å². The topological polar surface area (TPSA) is 91.6 Å². The molecule has 1 aliphatic carbocycles. The van der Waals surface area contributed by atoms with Crippen LogP contribution in [0.15, 0.2) is 10.5 Å². The van der Waals surface area contributed by atoms with Gasteiger partial charge in [-0.05, 0) is 32.8 Å². The van der Waals surface area contributed by atoms with Gasteiger partial charge in [0.1, 0.15) is 11.5 Å². The molecule has 1 aromatic heterocycles. The maximum absolute atomic E-state index is 12.0. The summed E-state index contributed by atoms with van der Waals surface area (Å²) in [7, 11) is 0. The predicted octanol–water partition coefficient (Wildman–Crippen LogP) is 1.29. The third kappa shape index (κ3) is 3.50. The van der Waals surface area contributed by atoms with Gasteiger partial charge in [-0.1, -0.05) is 13.3 Å². The summed E-state index contributed by atoms with van der Waals surface area (Å²) in [5, 5.41) is 15.0. The molecule has 2 atom stereocenters. The fraction of sp³-hybridized carbons (Fsp3) is 0.625. The van der Waals surface area contributed by atoms with E-state index in [-0.39, 0.29) is 36.4 Å². The Morgan fingerprint density at radius 2 is 2.18 bits per heavy atom. The molecule has 0 saturated heterocycles. The summed E-state index contributed by atoms with van der Waals surface area (Å²) in [5.41, 5.74) is 0.184. The molecule has 2 amide bonds. The molecule has 0 spiro atoms. The highest BCUT2D eigenvalue weighted by Crippen LogP contribution is 2.37. The number of hydrogen-bond donors (Lipinski definition) is 3. The number of furan rings is 1. The zero-order chi connectivity index (χ0) is 16.3. The molecule has 1 fully saturated rings. The molecule has 6 nitrogen and oxygen atoms in total. The number of rotatable bonds is 5. The minimum absolute atomic E-state index is 0.0418. The molecule has 6 heteroatoms. The lowest BCUT2D eigenvalue weighted by Crippen LogP contribution is -2.48. The third-order valence-corrected chi connectivity index (χ3v) is 4.47. The molecule has 1 aliphatic rings. The standard InChI is InChI=1S/C16H24N2O4/c1-10-7-12(11(2)22-10)15(21)17-8-14(20)18-13-5-4-6-16(13,3)9-19/h7,13,19H,4-6,8-9H2,1-3H3,(H,17,21)(H,18,20). The molecule has 122 valence electrons. The SMILES string of the molecule is Cc1cc(C(=O)NCC(=O)NC2CCCC2(C)CO)c(C)o1. The Balaban J connectivity index is 1.85. The average molecular weight is 308 g/mol. The lowest BCUT2D eigenvalue weighted by atomic mass is 9.86. The molecule has 2 rings (SSSR count). The van der Waals surface area contributed by atoms with Gasteiger partial charge in [0.2, 0.25) is 5.91 Å². The number of nitrogens with one attached hydrogen (secondary N) is 2. The highest BCUT2D eigenvalue weighted by atomic mass is 16.3. The zero-order valence-corrected chi connectivity index (χ0v) is 13.4. The van der Waals surface area contributed by atoms with E-state index in [1.165, 1.54) is 0 Å². The van der Waals surface area contributed by atoms with Crippen LogP contribution in [0, 0.1) is 19.3 Å². The fourth-order valence-corrected chi connectivity index (χ4v) is 3.03. The first kappa shape index (κ1) is 16.5. The smallest absolute Gasteiger partial charge is 0.255 e. The largest absolute Gasteiger partial charge is 0.466 e. The van der Waals surface area contributed by atoms with Gasteiger partial charge in [-0.15, -0.1) is 0 Å². The number of aryl methyl sites for hydroxylation is 2. The molecule has 0 aliphatic heterocycles. The fourth-order valence-electron chi connectivity index (χ4n) is 3.03. The molecule has 2 unspecified atom stereocenters. The Kier molecular flexibility index (Phi) is 4.90. The maximum atomic E-state index is 12.0. The van der Waals surface area contributed by atoms with Crippen LogP contribution < -0.4 is 10.6 Å². The second kappa shape index (κ2) is 6.52. The maximum Gasteiger partial charge on any atom is 0.255 e. The van der Waals surface area contributed by atoms with Gasteiger partial charge in [0, 0.05) is 11.5 Å². The van der Waals surface area contributed by atoms with E-state index in [1.807, 2.05) is 6.92 Å². The first-order valence-electron chi connectivity index (χ1n) is 7.61. The molecule has 1 heterocycles. The Bertz CT molecular complexity index is 566. The molecule has 0 aromatic carbocycles. The molecule has 1 aromatic rings. The van der Waals surface area contributed by atoms with Gasteiger partial charge in [-0.25, -0.2) is 0 Å². The quantitative estimate of drug-likeness (QED) is 0.764. The van der Waals surface area contributed by atoms with E-state index >= 15 is 0 Å². The van der Waals surface area contributed by atoms with E-state index in [4.69, 9.17) is 4.42 Å². The van der Waals surface area contributed by atoms with Crippen LogP contribution in [0.4, 0.5) is 0 Å². The van der Waals surface area contributed by atoms with Crippen LogP contribution in [-0.4, -0.2) is 36.1 Å². The molecular formula is C16H24N2O4. The van der Waals surface area contributed by atoms with Gasteiger partial charge >= 0.3 is 0 Å². The molecule has 22 heavy (non-hydrogen) atoms. The first-order chi connectivity index (χ1) is 10.4. The van der Waals surface area contributed by atoms with Gasteiger partial charge in [0.05, 0.1) is 18.7 Å². The van der Waals surface area contributed by atoms with Crippen LogP contribution in [0.3, 0.4) is 0 Å². The van der Waals surface area contributed by atoms with Gasteiger partial charge in [0.25, 0.3) is 5.91 Å². The van der Waals surface area contributed by atoms with Crippen molar-refractivity contribution in [2.24, 2.45) is 5.41 Å². The molecule has 3 N–H and O–H groups in total. The molecule has 1 saturated carbocycles. The number of aliphatic hydroxyl groups is 1. The number of amides is 2. The van der Waals surface area contributed by atoms with Crippen molar-refractivity contribution in [2.75, 3.05) is 13.2 Å². The lowest BCUT2D eigenvalue weighted by Gasteiger charge is -2.30. The first-order valence-corrected chi connectivity index (χ1v) is 7.61. The van der Waals surface area contributed by atoms with Crippen LogP contribution in [0.1, 0.15) is 48.1 Å². The summed E-state index contributed by atoms with van der Waals surface area (Å²) in [6.07, 6.45) is 2.74. The monoisotopic (exact) mass is 308 g/mol. The lowest BCUT2D eigenvalue weighted by molar-refractivity contribution is -0.121. The predicted molar refractivity (Wildman–Crippen MR) is 81.5 cm³/mol. The second-order valence-electron chi connectivity index (χ2n) is 6.33. The Hall–Kier alpha value is -1.82. The van der Waals surface area contributed by atoms with E-state index in [0.29, 0.717) is 17.1 Å². The minimum Gasteiger partial charge on any atom is -0.466 e. The van der Waals surface area contributed by atoms with Gasteiger partial charge in [0.15, 0.2) is 0 Å². The van der Waals surface area contributed by atoms with Crippen molar-refractivity contribution in [3.05, 3.63) is 23.2 Å². The summed E-state index contributed by atoms with van der Waals surface area (Å²) < 4.78 is 5.30. The number of carbonyl (C=O) groups is 2. The summed E-state index contributed by atoms with van der Waals surface area (Å²) in [5.74, 6) is 0.648. The van der Waals surface area contributed by atoms with Crippen LogP contribution in [0.5, 0.6) is 0 Å². The van der Waals surface area contributed by atoms with Crippen molar-refractivity contribution in [3.8, 4) is 0 Å². The minimum atomic E-state index is -0.319. The van der Waals surface area contributed by atoms with E-state index in [1.54, 1.807) is 19.9 Å². The van der Waals surface area contributed by atoms with Crippen molar-refractivity contribution in [1.82, 2.24) is 10.6 Å². The Morgan fingerprint density at radius 1 is 1.45 bits per heavy atom. The van der Waals surface area contributed by atoms with Crippen molar-refractivity contribution < 1.29 is 19.1 Å². The Morgan fingerprint density at radius 3 is 2.77 bits per heavy atom. The Labute approximate surface area is 130 Å². The number of aliphatic hydroxyl groups excluding tert-OH is 1. The normalized spacial score (nSPS) is 24.3.